The number of carbonyl (C=O) groups is 6. The fourth-order valence-electron chi connectivity index (χ4n) is 6.91. The first kappa shape index (κ1) is 60.2. The standard InChI is InChI=1S/C49H62F6N10O10/c1-8-64(44(70)74-46(2,3)4)19-13-21-72-40-32(60-38(66)14-9-11-17-56)22-29(48(50,51)52)23-33(40)62-42(68)36-26-37(59-28-58-36)43(69)63-35-25-30(49(53,54)55)24-34(61-39(67)15-10-12-18-57)41(35)73-31-16-20-65(27-31)45(71)75-47(5,6)7/h1,22-26,28,31H,9-21,27,56-57H2,2-7H3,(H,60,66)(H,61,67)(H,62,68)(H,63,69)/t31-/m1/s1. The van der Waals surface area contributed by atoms with Gasteiger partial charge in [0.1, 0.15) is 35.0 Å². The van der Waals surface area contributed by atoms with Gasteiger partial charge in [-0.2, -0.15) is 26.3 Å². The number of nitrogens with two attached hydrogens (primary N) is 2. The van der Waals surface area contributed by atoms with Gasteiger partial charge in [-0.05, 0) is 105 Å². The van der Waals surface area contributed by atoms with Gasteiger partial charge in [0.25, 0.3) is 11.8 Å². The van der Waals surface area contributed by atoms with E-state index in [1.54, 1.807) is 41.5 Å². The van der Waals surface area contributed by atoms with Gasteiger partial charge in [0.15, 0.2) is 11.5 Å². The quantitative estimate of drug-likeness (QED) is 0.0254. The molecule has 0 unspecified atom stereocenters. The third-order valence-corrected chi connectivity index (χ3v) is 10.3. The maximum Gasteiger partial charge on any atom is 0.422 e. The summed E-state index contributed by atoms with van der Waals surface area (Å²) in [5.41, 5.74) is 3.11. The number of ether oxygens (including phenoxy) is 4. The van der Waals surface area contributed by atoms with E-state index in [0.717, 1.165) is 17.3 Å². The number of hydrogen-bond acceptors (Lipinski definition) is 14. The Bertz CT molecular complexity index is 2580. The zero-order valence-electron chi connectivity index (χ0n) is 42.3. The van der Waals surface area contributed by atoms with Crippen LogP contribution in [0.4, 0.5) is 58.7 Å². The maximum absolute atomic E-state index is 14.5. The van der Waals surface area contributed by atoms with Gasteiger partial charge in [-0.1, -0.05) is 6.42 Å². The lowest BCUT2D eigenvalue weighted by atomic mass is 10.1. The molecule has 2 heterocycles. The number of benzene rings is 2. The van der Waals surface area contributed by atoms with Crippen LogP contribution < -0.4 is 42.2 Å². The van der Waals surface area contributed by atoms with Crippen LogP contribution in [0.5, 0.6) is 11.5 Å². The number of anilines is 4. The number of alkyl halides is 6. The number of halogens is 6. The molecule has 0 spiro atoms. The highest BCUT2D eigenvalue weighted by atomic mass is 19.4. The number of amides is 6. The molecule has 4 rings (SSSR count). The first-order valence-corrected chi connectivity index (χ1v) is 23.7. The number of likely N-dealkylation sites (tertiary alicyclic amines) is 1. The molecule has 20 nitrogen and oxygen atoms in total. The monoisotopic (exact) mass is 1060 g/mol. The van der Waals surface area contributed by atoms with E-state index in [0.29, 0.717) is 37.1 Å². The van der Waals surface area contributed by atoms with Crippen LogP contribution in [0.15, 0.2) is 36.7 Å². The first-order valence-electron chi connectivity index (χ1n) is 23.7. The number of nitrogens with one attached hydrogen (secondary N) is 4. The molecule has 0 radical (unpaired) electrons. The van der Waals surface area contributed by atoms with E-state index >= 15 is 0 Å². The molecule has 1 aliphatic heterocycles. The molecular formula is C49H62F6N10O10. The highest BCUT2D eigenvalue weighted by Crippen LogP contribution is 2.43. The van der Waals surface area contributed by atoms with Crippen molar-refractivity contribution in [2.24, 2.45) is 11.5 Å². The molecule has 1 atom stereocenters. The normalized spacial score (nSPS) is 13.8. The third-order valence-electron chi connectivity index (χ3n) is 10.3. The molecule has 0 bridgehead atoms. The predicted octanol–water partition coefficient (Wildman–Crippen LogP) is 8.14. The van der Waals surface area contributed by atoms with Crippen molar-refractivity contribution < 1.29 is 74.1 Å². The van der Waals surface area contributed by atoms with Crippen LogP contribution in [-0.4, -0.2) is 112 Å². The fourth-order valence-corrected chi connectivity index (χ4v) is 6.91. The molecule has 0 saturated carbocycles. The predicted molar refractivity (Wildman–Crippen MR) is 263 cm³/mol. The number of carbonyl (C=O) groups excluding carboxylic acids is 6. The number of terminal acetylenes is 1. The highest BCUT2D eigenvalue weighted by molar-refractivity contribution is 6.09. The summed E-state index contributed by atoms with van der Waals surface area (Å²) < 4.78 is 110. The largest absolute Gasteiger partial charge is 0.489 e. The molecule has 75 heavy (non-hydrogen) atoms. The van der Waals surface area contributed by atoms with E-state index in [4.69, 9.17) is 36.8 Å². The smallest absolute Gasteiger partial charge is 0.422 e. The summed E-state index contributed by atoms with van der Waals surface area (Å²) in [6.07, 6.45) is -5.06. The summed E-state index contributed by atoms with van der Waals surface area (Å²) in [6.45, 7) is 9.82. The molecular weight excluding hydrogens is 1000 g/mol. The summed E-state index contributed by atoms with van der Waals surface area (Å²) in [5, 5.41) is 9.38. The maximum atomic E-state index is 14.5. The summed E-state index contributed by atoms with van der Waals surface area (Å²) in [6, 6.07) is 5.21. The molecule has 26 heteroatoms. The van der Waals surface area contributed by atoms with Crippen LogP contribution in [0.25, 0.3) is 0 Å². The zero-order chi connectivity index (χ0) is 55.9. The average Bonchev–Trinajstić information content (AvgIpc) is 3.78. The minimum Gasteiger partial charge on any atom is -0.489 e. The topological polar surface area (TPSA) is 272 Å². The Morgan fingerprint density at radius 3 is 1.61 bits per heavy atom. The Morgan fingerprint density at radius 1 is 0.693 bits per heavy atom. The number of unbranched alkanes of at least 4 members (excludes halogenated alkanes) is 2. The second kappa shape index (κ2) is 26.2. The third kappa shape index (κ3) is 19.1. The molecule has 1 aliphatic rings. The lowest BCUT2D eigenvalue weighted by molar-refractivity contribution is -0.138. The van der Waals surface area contributed by atoms with Crippen LogP contribution in [0.2, 0.25) is 0 Å². The first-order chi connectivity index (χ1) is 35.0. The summed E-state index contributed by atoms with van der Waals surface area (Å²) >= 11 is 0. The van der Waals surface area contributed by atoms with Crippen molar-refractivity contribution in [3.63, 3.8) is 0 Å². The molecule has 1 saturated heterocycles. The van der Waals surface area contributed by atoms with Crippen molar-refractivity contribution in [3.05, 3.63) is 59.2 Å². The van der Waals surface area contributed by atoms with Crippen LogP contribution in [-0.2, 0) is 31.4 Å². The van der Waals surface area contributed by atoms with Gasteiger partial charge in [0.2, 0.25) is 11.8 Å². The molecule has 1 aromatic heterocycles. The van der Waals surface area contributed by atoms with E-state index in [1.165, 1.54) is 4.90 Å². The van der Waals surface area contributed by atoms with Crippen molar-refractivity contribution in [3.8, 4) is 24.0 Å². The van der Waals surface area contributed by atoms with Crippen LogP contribution >= 0.6 is 0 Å². The Labute approximate surface area is 429 Å². The van der Waals surface area contributed by atoms with Crippen molar-refractivity contribution >= 4 is 58.6 Å². The molecule has 8 N–H and O–H groups in total. The Kier molecular flexibility index (Phi) is 21.0. The van der Waals surface area contributed by atoms with Gasteiger partial charge in [0, 0.05) is 50.9 Å². The van der Waals surface area contributed by atoms with Crippen LogP contribution in [0.3, 0.4) is 0 Å². The second-order valence-electron chi connectivity index (χ2n) is 19.0. The van der Waals surface area contributed by atoms with E-state index < -0.39 is 122 Å². The Morgan fingerprint density at radius 2 is 1.16 bits per heavy atom. The SMILES string of the molecule is C#CN(CCCOc1c(NC(=O)CCCCN)cc(C(F)(F)F)cc1NC(=O)c1cc(C(=O)Nc2cc(C(F)(F)F)cc(NC(=O)CCCCN)c2O[C@@H]2CCN(C(=O)OC(C)(C)C)C2)ncn1)C(=O)OC(C)(C)C. The van der Waals surface area contributed by atoms with Gasteiger partial charge in [0.05, 0.1) is 47.0 Å². The van der Waals surface area contributed by atoms with Gasteiger partial charge in [-0.25, -0.2) is 24.5 Å². The molecule has 2 aromatic carbocycles. The summed E-state index contributed by atoms with van der Waals surface area (Å²) in [7, 11) is 0. The van der Waals surface area contributed by atoms with Crippen molar-refractivity contribution in [1.82, 2.24) is 19.8 Å². The summed E-state index contributed by atoms with van der Waals surface area (Å²) in [5.74, 6) is -4.82. The van der Waals surface area contributed by atoms with E-state index in [-0.39, 0.29) is 77.9 Å². The minimum atomic E-state index is -5.05. The van der Waals surface area contributed by atoms with Crippen LogP contribution in [0.1, 0.15) is 125 Å². The number of hydrogen-bond donors (Lipinski definition) is 6. The fraction of sp³-hybridized carbons (Fsp3) is 0.510. The number of rotatable bonds is 21. The Balaban J connectivity index is 1.72. The highest BCUT2D eigenvalue weighted by Gasteiger charge is 2.37. The molecule has 3 aromatic rings. The van der Waals surface area contributed by atoms with Gasteiger partial charge >= 0.3 is 24.5 Å². The lowest BCUT2D eigenvalue weighted by Gasteiger charge is -2.25. The lowest BCUT2D eigenvalue weighted by Crippen LogP contribution is -2.36. The van der Waals surface area contributed by atoms with Crippen molar-refractivity contribution in [1.29, 1.82) is 0 Å². The second-order valence-corrected chi connectivity index (χ2v) is 19.0. The van der Waals surface area contributed by atoms with Gasteiger partial charge in [-0.15, -0.1) is 0 Å². The Hall–Kier alpha value is -7.40. The molecule has 6 amide bonds. The van der Waals surface area contributed by atoms with Gasteiger partial charge < -0.3 is 56.6 Å². The average molecular weight is 1070 g/mol. The van der Waals surface area contributed by atoms with E-state index in [1.807, 2.05) is 0 Å². The summed E-state index contributed by atoms with van der Waals surface area (Å²) in [4.78, 5) is 89.4. The van der Waals surface area contributed by atoms with E-state index in [9.17, 15) is 55.1 Å². The molecule has 1 fully saturated rings. The van der Waals surface area contributed by atoms with Crippen molar-refractivity contribution in [2.75, 3.05) is 60.6 Å². The van der Waals surface area contributed by atoms with E-state index in [2.05, 4.69) is 37.3 Å². The van der Waals surface area contributed by atoms with Crippen LogP contribution in [0, 0.1) is 12.5 Å². The minimum absolute atomic E-state index is 0.0431. The number of aromatic nitrogens is 2. The van der Waals surface area contributed by atoms with Gasteiger partial charge in [-0.3, -0.25) is 19.2 Å². The number of nitrogens with zero attached hydrogens (tertiary/aromatic N) is 4. The zero-order valence-corrected chi connectivity index (χ0v) is 42.3. The molecule has 0 aliphatic carbocycles. The molecule has 410 valence electrons. The van der Waals surface area contributed by atoms with Crippen molar-refractivity contribution in [2.45, 2.75) is 123 Å².